The van der Waals surface area contributed by atoms with E-state index in [0.717, 1.165) is 15.7 Å². The van der Waals surface area contributed by atoms with Crippen LogP contribution in [0.2, 0.25) is 0 Å². The quantitative estimate of drug-likeness (QED) is 0.826. The van der Waals surface area contributed by atoms with Gasteiger partial charge in [-0.15, -0.1) is 0 Å². The van der Waals surface area contributed by atoms with Crippen LogP contribution in [0.5, 0.6) is 11.5 Å². The van der Waals surface area contributed by atoms with E-state index in [0.29, 0.717) is 5.75 Å². The number of ether oxygens (including phenoxy) is 2. The van der Waals surface area contributed by atoms with E-state index in [1.165, 1.54) is 26.4 Å². The van der Waals surface area contributed by atoms with Crippen molar-refractivity contribution in [3.8, 4) is 17.6 Å². The van der Waals surface area contributed by atoms with E-state index < -0.39 is 11.9 Å². The molecule has 0 spiro atoms. The van der Waals surface area contributed by atoms with E-state index in [1.807, 2.05) is 25.1 Å². The van der Waals surface area contributed by atoms with Crippen LogP contribution in [0.1, 0.15) is 17.2 Å². The van der Waals surface area contributed by atoms with E-state index >= 15 is 0 Å². The predicted octanol–water partition coefficient (Wildman–Crippen LogP) is 4.59. The first-order valence-electron chi connectivity index (χ1n) is 6.84. The van der Waals surface area contributed by atoms with Crippen LogP contribution in [0.25, 0.3) is 0 Å². The Kier molecular flexibility index (Phi) is 5.45. The van der Waals surface area contributed by atoms with Gasteiger partial charge in [0.2, 0.25) is 0 Å². The van der Waals surface area contributed by atoms with Gasteiger partial charge in [-0.05, 0) is 36.8 Å². The van der Waals surface area contributed by atoms with Gasteiger partial charge in [0.1, 0.15) is 11.9 Å². The van der Waals surface area contributed by atoms with Crippen LogP contribution < -0.4 is 14.8 Å². The van der Waals surface area contributed by atoms with Gasteiger partial charge >= 0.3 is 0 Å². The van der Waals surface area contributed by atoms with Gasteiger partial charge in [-0.25, -0.2) is 4.39 Å². The molecule has 2 aromatic rings. The molecule has 23 heavy (non-hydrogen) atoms. The number of hydrogen-bond acceptors (Lipinski definition) is 4. The minimum atomic E-state index is -0.851. The summed E-state index contributed by atoms with van der Waals surface area (Å²) < 4.78 is 25.5. The van der Waals surface area contributed by atoms with Gasteiger partial charge < -0.3 is 14.8 Å². The third-order valence-electron chi connectivity index (χ3n) is 3.41. The molecule has 0 aliphatic heterocycles. The standard InChI is InChI=1S/C17H16BrFN2O2/c1-10-6-11(4-5-13(10)18)21-15(9-20)12-7-16(22-2)17(23-3)8-14(12)19/h4-8,15,21H,1-3H3. The van der Waals surface area contributed by atoms with Crippen LogP contribution in [0.4, 0.5) is 10.1 Å². The lowest BCUT2D eigenvalue weighted by molar-refractivity contribution is 0.351. The van der Waals surface area contributed by atoms with Crippen molar-refractivity contribution in [3.05, 3.63) is 51.7 Å². The fraction of sp³-hybridized carbons (Fsp3) is 0.235. The summed E-state index contributed by atoms with van der Waals surface area (Å²) in [6, 6.07) is 9.48. The fourth-order valence-electron chi connectivity index (χ4n) is 2.17. The largest absolute Gasteiger partial charge is 0.493 e. The summed E-state index contributed by atoms with van der Waals surface area (Å²) in [4.78, 5) is 0. The molecule has 0 aliphatic carbocycles. The van der Waals surface area contributed by atoms with E-state index in [2.05, 4.69) is 27.3 Å². The lowest BCUT2D eigenvalue weighted by atomic mass is 10.1. The van der Waals surface area contributed by atoms with Gasteiger partial charge in [-0.2, -0.15) is 5.26 Å². The van der Waals surface area contributed by atoms with Crippen LogP contribution in [0.3, 0.4) is 0 Å². The van der Waals surface area contributed by atoms with Gasteiger partial charge in [-0.1, -0.05) is 15.9 Å². The van der Waals surface area contributed by atoms with Crippen molar-refractivity contribution < 1.29 is 13.9 Å². The van der Waals surface area contributed by atoms with Crippen LogP contribution in [0.15, 0.2) is 34.8 Å². The molecule has 0 heterocycles. The van der Waals surface area contributed by atoms with Gasteiger partial charge in [0.15, 0.2) is 11.5 Å². The third kappa shape index (κ3) is 3.74. The minimum Gasteiger partial charge on any atom is -0.493 e. The minimum absolute atomic E-state index is 0.200. The van der Waals surface area contributed by atoms with Crippen molar-refractivity contribution in [3.63, 3.8) is 0 Å². The number of hydrogen-bond donors (Lipinski definition) is 1. The molecule has 2 aromatic carbocycles. The van der Waals surface area contributed by atoms with Crippen molar-refractivity contribution in [2.45, 2.75) is 13.0 Å². The maximum atomic E-state index is 14.3. The Morgan fingerprint density at radius 1 is 1.17 bits per heavy atom. The first kappa shape index (κ1) is 17.1. The van der Waals surface area contributed by atoms with Gasteiger partial charge in [-0.3, -0.25) is 0 Å². The number of rotatable bonds is 5. The second-order valence-corrected chi connectivity index (χ2v) is 5.75. The lowest BCUT2D eigenvalue weighted by Gasteiger charge is -2.17. The molecule has 0 amide bonds. The molecule has 2 rings (SSSR count). The Morgan fingerprint density at radius 3 is 2.39 bits per heavy atom. The molecule has 4 nitrogen and oxygen atoms in total. The van der Waals surface area contributed by atoms with Crippen molar-refractivity contribution in [1.82, 2.24) is 0 Å². The predicted molar refractivity (Wildman–Crippen MR) is 90.4 cm³/mol. The molecule has 1 N–H and O–H groups in total. The average Bonchev–Trinajstić information content (AvgIpc) is 2.55. The molecule has 0 saturated heterocycles. The monoisotopic (exact) mass is 378 g/mol. The average molecular weight is 379 g/mol. The van der Waals surface area contributed by atoms with Crippen molar-refractivity contribution in [2.75, 3.05) is 19.5 Å². The van der Waals surface area contributed by atoms with Gasteiger partial charge in [0.05, 0.1) is 20.3 Å². The molecule has 1 unspecified atom stereocenters. The molecular formula is C17H16BrFN2O2. The summed E-state index contributed by atoms with van der Waals surface area (Å²) in [5.41, 5.74) is 1.94. The third-order valence-corrected chi connectivity index (χ3v) is 4.30. The number of benzene rings is 2. The highest BCUT2D eigenvalue weighted by Gasteiger charge is 2.19. The van der Waals surface area contributed by atoms with E-state index in [4.69, 9.17) is 9.47 Å². The molecule has 0 fully saturated rings. The van der Waals surface area contributed by atoms with Crippen LogP contribution in [-0.2, 0) is 0 Å². The number of nitrogens with one attached hydrogen (secondary N) is 1. The second-order valence-electron chi connectivity index (χ2n) is 4.90. The SMILES string of the molecule is COc1cc(F)c(C(C#N)Nc2ccc(Br)c(C)c2)cc1OC. The van der Waals surface area contributed by atoms with E-state index in [1.54, 1.807) is 0 Å². The molecule has 1 atom stereocenters. The zero-order chi connectivity index (χ0) is 17.0. The molecule has 120 valence electrons. The van der Waals surface area contributed by atoms with Gasteiger partial charge in [0, 0.05) is 21.8 Å². The molecule has 0 aliphatic rings. The Balaban J connectivity index is 2.37. The maximum absolute atomic E-state index is 14.3. The van der Waals surface area contributed by atoms with E-state index in [-0.39, 0.29) is 11.3 Å². The summed E-state index contributed by atoms with van der Waals surface area (Å²) >= 11 is 3.42. The van der Waals surface area contributed by atoms with Crippen molar-refractivity contribution >= 4 is 21.6 Å². The van der Waals surface area contributed by atoms with Crippen molar-refractivity contribution in [2.24, 2.45) is 0 Å². The molecule has 0 radical (unpaired) electrons. The molecule has 0 bridgehead atoms. The lowest BCUT2D eigenvalue weighted by Crippen LogP contribution is -2.11. The molecular weight excluding hydrogens is 363 g/mol. The molecule has 0 saturated carbocycles. The van der Waals surface area contributed by atoms with Crippen LogP contribution in [-0.4, -0.2) is 14.2 Å². The first-order chi connectivity index (χ1) is 11.0. The number of halogens is 2. The molecule has 0 aromatic heterocycles. The molecule has 6 heteroatoms. The normalized spacial score (nSPS) is 11.5. The Morgan fingerprint density at radius 2 is 1.83 bits per heavy atom. The highest BCUT2D eigenvalue weighted by molar-refractivity contribution is 9.10. The number of nitrogens with zero attached hydrogens (tertiary/aromatic N) is 1. The smallest absolute Gasteiger partial charge is 0.163 e. The second kappa shape index (κ2) is 7.34. The fourth-order valence-corrected chi connectivity index (χ4v) is 2.42. The van der Waals surface area contributed by atoms with Crippen LogP contribution >= 0.6 is 15.9 Å². The Labute approximate surface area is 143 Å². The topological polar surface area (TPSA) is 54.3 Å². The van der Waals surface area contributed by atoms with Gasteiger partial charge in [0.25, 0.3) is 0 Å². The summed E-state index contributed by atoms with van der Waals surface area (Å²) in [7, 11) is 2.90. The summed E-state index contributed by atoms with van der Waals surface area (Å²) in [6.45, 7) is 1.94. The maximum Gasteiger partial charge on any atom is 0.163 e. The Hall–Kier alpha value is -2.26. The number of aryl methyl sites for hydroxylation is 1. The number of nitriles is 1. The number of anilines is 1. The Bertz CT molecular complexity index is 759. The number of methoxy groups -OCH3 is 2. The highest BCUT2D eigenvalue weighted by Crippen LogP contribution is 2.33. The zero-order valence-corrected chi connectivity index (χ0v) is 14.6. The summed E-state index contributed by atoms with van der Waals surface area (Å²) in [5, 5.41) is 12.4. The van der Waals surface area contributed by atoms with E-state index in [9.17, 15) is 9.65 Å². The summed E-state index contributed by atoms with van der Waals surface area (Å²) in [6.07, 6.45) is 0. The first-order valence-corrected chi connectivity index (χ1v) is 7.63. The zero-order valence-electron chi connectivity index (χ0n) is 13.0. The highest BCUT2D eigenvalue weighted by atomic mass is 79.9. The van der Waals surface area contributed by atoms with Crippen LogP contribution in [0, 0.1) is 24.1 Å². The summed E-state index contributed by atoms with van der Waals surface area (Å²) in [5.74, 6) is 0.124. The van der Waals surface area contributed by atoms with Crippen molar-refractivity contribution in [1.29, 1.82) is 5.26 Å².